The van der Waals surface area contributed by atoms with Crippen LogP contribution in [0.2, 0.25) is 0 Å². The van der Waals surface area contributed by atoms with Crippen LogP contribution in [0.5, 0.6) is 0 Å². The third kappa shape index (κ3) is 2.41. The van der Waals surface area contributed by atoms with Crippen molar-refractivity contribution in [3.05, 3.63) is 34.6 Å². The Morgan fingerprint density at radius 3 is 2.81 bits per heavy atom. The molecular weight excluding hydrogens is 358 g/mol. The summed E-state index contributed by atoms with van der Waals surface area (Å²) in [5, 5.41) is 8.73. The molecule has 0 unspecified atom stereocenters. The maximum absolute atomic E-state index is 12.5. The minimum atomic E-state index is -0.144. The number of anilines is 2. The van der Waals surface area contributed by atoms with E-state index in [1.807, 2.05) is 0 Å². The largest absolute Gasteiger partial charge is 0.343 e. The second-order valence-corrected chi connectivity index (χ2v) is 9.11. The van der Waals surface area contributed by atoms with Gasteiger partial charge in [0.1, 0.15) is 17.8 Å². The lowest BCUT2D eigenvalue weighted by molar-refractivity contribution is 0.0912. The van der Waals surface area contributed by atoms with E-state index in [4.69, 9.17) is 0 Å². The third-order valence-corrected chi connectivity index (χ3v) is 7.27. The number of H-pyrrole nitrogens is 1. The Hall–Kier alpha value is -2.41. The summed E-state index contributed by atoms with van der Waals surface area (Å²) in [6, 6.07) is 4.33. The first-order valence-corrected chi connectivity index (χ1v) is 10.6. The van der Waals surface area contributed by atoms with Crippen molar-refractivity contribution < 1.29 is 4.79 Å². The summed E-state index contributed by atoms with van der Waals surface area (Å²) in [5.74, 6) is 1.53. The van der Waals surface area contributed by atoms with E-state index in [2.05, 4.69) is 37.7 Å². The summed E-state index contributed by atoms with van der Waals surface area (Å²) in [6.45, 7) is 0. The molecule has 1 spiro atoms. The van der Waals surface area contributed by atoms with Gasteiger partial charge >= 0.3 is 0 Å². The van der Waals surface area contributed by atoms with Crippen LogP contribution in [0.4, 0.5) is 10.8 Å². The summed E-state index contributed by atoms with van der Waals surface area (Å²) in [4.78, 5) is 25.7. The highest BCUT2D eigenvalue weighted by Gasteiger charge is 2.45. The fourth-order valence-electron chi connectivity index (χ4n) is 4.66. The van der Waals surface area contributed by atoms with E-state index in [9.17, 15) is 4.79 Å². The second kappa shape index (κ2) is 5.55. The Labute approximate surface area is 160 Å². The molecule has 27 heavy (non-hydrogen) atoms. The molecule has 138 valence electrons. The Kier molecular flexibility index (Phi) is 3.21. The predicted molar refractivity (Wildman–Crippen MR) is 106 cm³/mol. The molecule has 3 aromatic heterocycles. The van der Waals surface area contributed by atoms with Crippen LogP contribution in [0.3, 0.4) is 0 Å². The molecule has 0 radical (unpaired) electrons. The fraction of sp³-hybridized carbons (Fsp3) is 0.450. The van der Waals surface area contributed by atoms with Gasteiger partial charge in [-0.1, -0.05) is 19.3 Å². The summed E-state index contributed by atoms with van der Waals surface area (Å²) in [7, 11) is 0. The van der Waals surface area contributed by atoms with Crippen LogP contribution >= 0.6 is 11.3 Å². The number of aromatic nitrogens is 3. The summed E-state index contributed by atoms with van der Waals surface area (Å²) in [5.41, 5.74) is 3.16. The van der Waals surface area contributed by atoms with Gasteiger partial charge in [-0.3, -0.25) is 4.79 Å². The number of amides is 1. The lowest BCUT2D eigenvalue weighted by Gasteiger charge is -2.33. The van der Waals surface area contributed by atoms with E-state index in [1.165, 1.54) is 54.7 Å². The molecule has 1 aliphatic heterocycles. The van der Waals surface area contributed by atoms with E-state index in [-0.39, 0.29) is 11.4 Å². The van der Waals surface area contributed by atoms with Crippen molar-refractivity contribution in [2.24, 2.45) is 0 Å². The molecular formula is C20H21N5OS. The van der Waals surface area contributed by atoms with Gasteiger partial charge in [0.05, 0.1) is 20.8 Å². The Morgan fingerprint density at radius 1 is 1.15 bits per heavy atom. The number of nitrogens with one attached hydrogen (secondary N) is 3. The lowest BCUT2D eigenvalue weighted by atomic mass is 9.78. The molecule has 0 atom stereocenters. The highest BCUT2D eigenvalue weighted by Crippen LogP contribution is 2.47. The lowest BCUT2D eigenvalue weighted by Crippen LogP contribution is -2.40. The highest BCUT2D eigenvalue weighted by atomic mass is 32.1. The molecule has 4 heterocycles. The molecule has 3 N–H and O–H groups in total. The number of aromatic amines is 1. The molecule has 3 aliphatic rings. The maximum Gasteiger partial charge on any atom is 0.262 e. The number of hydrogen-bond acceptors (Lipinski definition) is 5. The molecule has 0 bridgehead atoms. The van der Waals surface area contributed by atoms with E-state index in [0.717, 1.165) is 39.6 Å². The number of fused-ring (bicyclic) bond motifs is 3. The van der Waals surface area contributed by atoms with Crippen LogP contribution in [-0.4, -0.2) is 20.9 Å². The topological polar surface area (TPSA) is 82.7 Å². The minimum Gasteiger partial charge on any atom is -0.343 e. The first-order chi connectivity index (χ1) is 13.2. The van der Waals surface area contributed by atoms with Crippen LogP contribution in [0.25, 0.3) is 11.0 Å². The molecule has 2 fully saturated rings. The SMILES string of the molecule is O=C1NC2(CCCCC2)c2cc(Nc3ncnc4[nH]c(C5CC5)cc34)sc21. The van der Waals surface area contributed by atoms with Crippen LogP contribution in [0, 0.1) is 0 Å². The zero-order valence-corrected chi connectivity index (χ0v) is 15.8. The second-order valence-electron chi connectivity index (χ2n) is 8.06. The van der Waals surface area contributed by atoms with Gasteiger partial charge in [-0.15, -0.1) is 11.3 Å². The van der Waals surface area contributed by atoms with Gasteiger partial charge < -0.3 is 15.6 Å². The standard InChI is InChI=1S/C20H21N5OS/c26-19-16-13(20(25-19)6-2-1-3-7-20)9-15(27-16)24-18-12-8-14(11-4-5-11)23-17(12)21-10-22-18/h8-11H,1-7H2,(H,25,26)(H2,21,22,23,24). The first kappa shape index (κ1) is 15.6. The number of rotatable bonds is 3. The molecule has 6 nitrogen and oxygen atoms in total. The monoisotopic (exact) mass is 379 g/mol. The predicted octanol–water partition coefficient (Wildman–Crippen LogP) is 4.54. The van der Waals surface area contributed by atoms with Crippen molar-refractivity contribution in [3.8, 4) is 0 Å². The van der Waals surface area contributed by atoms with Crippen molar-refractivity contribution in [3.63, 3.8) is 0 Å². The Morgan fingerprint density at radius 2 is 2.00 bits per heavy atom. The number of thiophene rings is 1. The van der Waals surface area contributed by atoms with Gasteiger partial charge in [0.2, 0.25) is 0 Å². The van der Waals surface area contributed by atoms with Crippen LogP contribution in [-0.2, 0) is 5.54 Å². The molecule has 1 amide bonds. The van der Waals surface area contributed by atoms with Crippen LogP contribution in [0.15, 0.2) is 18.5 Å². The molecule has 3 aromatic rings. The van der Waals surface area contributed by atoms with E-state index >= 15 is 0 Å². The maximum atomic E-state index is 12.5. The van der Waals surface area contributed by atoms with Crippen molar-refractivity contribution in [2.45, 2.75) is 56.4 Å². The molecule has 7 heteroatoms. The van der Waals surface area contributed by atoms with Gasteiger partial charge in [0.25, 0.3) is 5.91 Å². The molecule has 0 saturated heterocycles. The average molecular weight is 379 g/mol. The molecule has 2 aliphatic carbocycles. The Balaban J connectivity index is 1.37. The summed E-state index contributed by atoms with van der Waals surface area (Å²) in [6.07, 6.45) is 9.79. The summed E-state index contributed by atoms with van der Waals surface area (Å²) < 4.78 is 0. The fourth-order valence-corrected chi connectivity index (χ4v) is 5.71. The average Bonchev–Trinajstić information content (AvgIpc) is 3.20. The van der Waals surface area contributed by atoms with Gasteiger partial charge in [-0.2, -0.15) is 0 Å². The molecule has 2 saturated carbocycles. The first-order valence-electron chi connectivity index (χ1n) is 9.79. The quantitative estimate of drug-likeness (QED) is 0.624. The zero-order chi connectivity index (χ0) is 18.0. The van der Waals surface area contributed by atoms with E-state index < -0.39 is 0 Å². The smallest absolute Gasteiger partial charge is 0.262 e. The summed E-state index contributed by atoms with van der Waals surface area (Å²) >= 11 is 1.53. The third-order valence-electron chi connectivity index (χ3n) is 6.22. The van der Waals surface area contributed by atoms with Crippen molar-refractivity contribution >= 4 is 39.1 Å². The number of carbonyl (C=O) groups excluding carboxylic acids is 1. The van der Waals surface area contributed by atoms with Gasteiger partial charge in [-0.25, -0.2) is 9.97 Å². The van der Waals surface area contributed by atoms with Crippen molar-refractivity contribution in [1.29, 1.82) is 0 Å². The van der Waals surface area contributed by atoms with Gasteiger partial charge in [-0.05, 0) is 43.7 Å². The van der Waals surface area contributed by atoms with Gasteiger partial charge in [0, 0.05) is 11.3 Å². The highest BCUT2D eigenvalue weighted by molar-refractivity contribution is 7.18. The number of hydrogen-bond donors (Lipinski definition) is 3. The number of nitrogens with zero attached hydrogens (tertiary/aromatic N) is 2. The van der Waals surface area contributed by atoms with E-state index in [1.54, 1.807) is 6.33 Å². The minimum absolute atomic E-state index is 0.0791. The van der Waals surface area contributed by atoms with Crippen molar-refractivity contribution in [1.82, 2.24) is 20.3 Å². The van der Waals surface area contributed by atoms with E-state index in [0.29, 0.717) is 5.92 Å². The number of carbonyl (C=O) groups is 1. The van der Waals surface area contributed by atoms with Crippen LogP contribution in [0.1, 0.15) is 71.8 Å². The van der Waals surface area contributed by atoms with Crippen molar-refractivity contribution in [2.75, 3.05) is 5.32 Å². The molecule has 6 rings (SSSR count). The molecule has 0 aromatic carbocycles. The zero-order valence-electron chi connectivity index (χ0n) is 15.0. The van der Waals surface area contributed by atoms with Gasteiger partial charge in [0.15, 0.2) is 0 Å². The normalized spacial score (nSPS) is 20.8. The Bertz CT molecular complexity index is 1060. The van der Waals surface area contributed by atoms with Crippen LogP contribution < -0.4 is 10.6 Å².